The van der Waals surface area contributed by atoms with E-state index in [9.17, 15) is 4.79 Å². The molecule has 0 saturated heterocycles. The highest BCUT2D eigenvalue weighted by atomic mass is 79.9. The Balaban J connectivity index is 1.47. The Morgan fingerprint density at radius 1 is 1.06 bits per heavy atom. The molecule has 1 heterocycles. The van der Waals surface area contributed by atoms with Crippen LogP contribution < -0.4 is 10.2 Å². The van der Waals surface area contributed by atoms with Crippen molar-refractivity contribution in [1.82, 2.24) is 5.43 Å². The van der Waals surface area contributed by atoms with Crippen molar-refractivity contribution < 1.29 is 13.9 Å². The van der Waals surface area contributed by atoms with E-state index >= 15 is 0 Å². The Bertz CT molecular complexity index is 1290. The number of nitrogens with one attached hydrogen (secondary N) is 1. The summed E-state index contributed by atoms with van der Waals surface area (Å²) in [5.74, 6) is 0.335. The summed E-state index contributed by atoms with van der Waals surface area (Å²) in [5, 5.41) is 5.52. The Labute approximate surface area is 200 Å². The molecular formula is C23H15Br2ClN2O3. The van der Waals surface area contributed by atoms with Gasteiger partial charge in [0.2, 0.25) is 0 Å². The van der Waals surface area contributed by atoms with Gasteiger partial charge in [-0.3, -0.25) is 4.79 Å². The van der Waals surface area contributed by atoms with Crippen LogP contribution in [-0.2, 0) is 6.61 Å². The summed E-state index contributed by atoms with van der Waals surface area (Å²) in [6, 6.07) is 20.2. The van der Waals surface area contributed by atoms with E-state index in [1.807, 2.05) is 54.6 Å². The van der Waals surface area contributed by atoms with E-state index in [2.05, 4.69) is 42.4 Å². The van der Waals surface area contributed by atoms with Gasteiger partial charge in [-0.05, 0) is 48.5 Å². The van der Waals surface area contributed by atoms with E-state index in [1.165, 1.54) is 6.21 Å². The zero-order valence-corrected chi connectivity index (χ0v) is 19.9. The van der Waals surface area contributed by atoms with Crippen LogP contribution in [0.1, 0.15) is 21.7 Å². The minimum atomic E-state index is -0.447. The first kappa shape index (κ1) is 21.6. The number of ether oxygens (including phenoxy) is 1. The van der Waals surface area contributed by atoms with Gasteiger partial charge in [0.25, 0.3) is 0 Å². The zero-order chi connectivity index (χ0) is 21.8. The minimum absolute atomic E-state index is 0.176. The van der Waals surface area contributed by atoms with Gasteiger partial charge in [0.15, 0.2) is 5.76 Å². The molecule has 0 atom stereocenters. The van der Waals surface area contributed by atoms with Crippen LogP contribution in [-0.4, -0.2) is 12.1 Å². The molecule has 0 radical (unpaired) electrons. The predicted molar refractivity (Wildman–Crippen MR) is 129 cm³/mol. The Hall–Kier alpha value is -2.61. The Morgan fingerprint density at radius 2 is 1.84 bits per heavy atom. The Morgan fingerprint density at radius 3 is 2.68 bits per heavy atom. The third-order valence-corrected chi connectivity index (χ3v) is 5.74. The third kappa shape index (κ3) is 5.36. The van der Waals surface area contributed by atoms with Crippen molar-refractivity contribution in [3.05, 3.63) is 97.6 Å². The number of furan rings is 1. The number of amides is 1. The summed E-state index contributed by atoms with van der Waals surface area (Å²) in [5.41, 5.74) is 4.68. The molecule has 4 rings (SSSR count). The minimum Gasteiger partial charge on any atom is -0.488 e. The molecule has 3 aromatic carbocycles. The van der Waals surface area contributed by atoms with Crippen molar-refractivity contribution in [1.29, 1.82) is 0 Å². The zero-order valence-electron chi connectivity index (χ0n) is 15.9. The van der Waals surface area contributed by atoms with Gasteiger partial charge in [-0.2, -0.15) is 5.10 Å². The fourth-order valence-electron chi connectivity index (χ4n) is 2.86. The summed E-state index contributed by atoms with van der Waals surface area (Å²) < 4.78 is 13.3. The molecule has 0 fully saturated rings. The summed E-state index contributed by atoms with van der Waals surface area (Å²) in [7, 11) is 0. The van der Waals surface area contributed by atoms with Gasteiger partial charge in [0, 0.05) is 30.5 Å². The fourth-order valence-corrected chi connectivity index (χ4v) is 3.81. The molecule has 0 aliphatic carbocycles. The van der Waals surface area contributed by atoms with Gasteiger partial charge >= 0.3 is 5.91 Å². The molecule has 5 nitrogen and oxygen atoms in total. The number of hydrazone groups is 1. The lowest BCUT2D eigenvalue weighted by Crippen LogP contribution is -2.16. The molecule has 4 aromatic rings. The monoisotopic (exact) mass is 560 g/mol. The quantitative estimate of drug-likeness (QED) is 0.204. The number of hydrogen-bond donors (Lipinski definition) is 1. The van der Waals surface area contributed by atoms with Gasteiger partial charge in [-0.25, -0.2) is 5.43 Å². The molecule has 0 aliphatic heterocycles. The maximum Gasteiger partial charge on any atom is 0.307 e. The molecule has 1 aromatic heterocycles. The molecule has 0 saturated carbocycles. The van der Waals surface area contributed by atoms with E-state index in [-0.39, 0.29) is 5.76 Å². The molecular weight excluding hydrogens is 548 g/mol. The molecule has 0 bridgehead atoms. The second kappa shape index (κ2) is 9.68. The maximum absolute atomic E-state index is 12.4. The third-order valence-electron chi connectivity index (χ3n) is 4.38. The molecule has 0 spiro atoms. The van der Waals surface area contributed by atoms with E-state index in [0.29, 0.717) is 28.5 Å². The van der Waals surface area contributed by atoms with Gasteiger partial charge in [0.05, 0.1) is 6.21 Å². The van der Waals surface area contributed by atoms with Gasteiger partial charge in [0.1, 0.15) is 17.9 Å². The van der Waals surface area contributed by atoms with Crippen LogP contribution in [0, 0.1) is 0 Å². The highest BCUT2D eigenvalue weighted by Crippen LogP contribution is 2.25. The first-order chi connectivity index (χ1) is 15.0. The average molecular weight is 563 g/mol. The molecule has 8 heteroatoms. The lowest BCUT2D eigenvalue weighted by atomic mass is 10.2. The van der Waals surface area contributed by atoms with Crippen molar-refractivity contribution in [2.24, 2.45) is 5.10 Å². The van der Waals surface area contributed by atoms with Crippen LogP contribution in [0.5, 0.6) is 5.75 Å². The number of halogens is 3. The number of carbonyl (C=O) groups is 1. The van der Waals surface area contributed by atoms with E-state index in [1.54, 1.807) is 12.1 Å². The highest BCUT2D eigenvalue weighted by Gasteiger charge is 2.12. The normalized spacial score (nSPS) is 11.2. The molecule has 0 unspecified atom stereocenters. The molecule has 31 heavy (non-hydrogen) atoms. The van der Waals surface area contributed by atoms with Crippen LogP contribution in [0.3, 0.4) is 0 Å². The second-order valence-electron chi connectivity index (χ2n) is 6.55. The molecule has 1 N–H and O–H groups in total. The summed E-state index contributed by atoms with van der Waals surface area (Å²) in [6.45, 7) is 0.309. The van der Waals surface area contributed by atoms with Crippen LogP contribution in [0.2, 0.25) is 5.02 Å². The van der Waals surface area contributed by atoms with Crippen LogP contribution in [0.15, 0.2) is 85.2 Å². The number of carbonyl (C=O) groups excluding carboxylic acids is 1. The fraction of sp³-hybridized carbons (Fsp3) is 0.0435. The average Bonchev–Trinajstić information content (AvgIpc) is 3.17. The second-order valence-corrected chi connectivity index (χ2v) is 8.79. The maximum atomic E-state index is 12.4. The standard InChI is InChI=1S/C23H15Br2ClN2O3/c24-17-6-8-21-15(9-17)11-22(31-21)23(29)28-27-12-16-10-18(25)5-7-20(16)30-13-14-3-1-2-4-19(14)26/h1-12H,13H2,(H,28,29)/b27-12+. The number of rotatable bonds is 6. The number of fused-ring (bicyclic) bond motifs is 1. The number of benzene rings is 3. The SMILES string of the molecule is O=C(N/N=C/c1cc(Br)ccc1OCc1ccccc1Cl)c1cc2cc(Br)ccc2o1. The van der Waals surface area contributed by atoms with Crippen molar-refractivity contribution in [3.63, 3.8) is 0 Å². The number of nitrogens with zero attached hydrogens (tertiary/aromatic N) is 1. The number of hydrogen-bond acceptors (Lipinski definition) is 4. The van der Waals surface area contributed by atoms with Crippen molar-refractivity contribution >= 4 is 66.6 Å². The van der Waals surface area contributed by atoms with Crippen LogP contribution in [0.25, 0.3) is 11.0 Å². The largest absolute Gasteiger partial charge is 0.488 e. The van der Waals surface area contributed by atoms with Crippen LogP contribution >= 0.6 is 43.5 Å². The van der Waals surface area contributed by atoms with E-state index in [0.717, 1.165) is 19.9 Å². The van der Waals surface area contributed by atoms with Gasteiger partial charge < -0.3 is 9.15 Å². The van der Waals surface area contributed by atoms with Gasteiger partial charge in [-0.1, -0.05) is 61.7 Å². The van der Waals surface area contributed by atoms with Crippen LogP contribution in [0.4, 0.5) is 0 Å². The van der Waals surface area contributed by atoms with E-state index in [4.69, 9.17) is 20.8 Å². The first-order valence-corrected chi connectivity index (χ1v) is 11.1. The van der Waals surface area contributed by atoms with Gasteiger partial charge in [-0.15, -0.1) is 0 Å². The molecule has 156 valence electrons. The van der Waals surface area contributed by atoms with Crippen molar-refractivity contribution in [2.75, 3.05) is 0 Å². The van der Waals surface area contributed by atoms with E-state index < -0.39 is 5.91 Å². The predicted octanol–water partition coefficient (Wildman–Crippen LogP) is 6.95. The smallest absolute Gasteiger partial charge is 0.307 e. The summed E-state index contributed by atoms with van der Waals surface area (Å²) in [6.07, 6.45) is 1.52. The lowest BCUT2D eigenvalue weighted by Gasteiger charge is -2.10. The molecule has 0 aliphatic rings. The van der Waals surface area contributed by atoms with Crippen molar-refractivity contribution in [3.8, 4) is 5.75 Å². The first-order valence-electron chi connectivity index (χ1n) is 9.18. The van der Waals surface area contributed by atoms with Crippen molar-refractivity contribution in [2.45, 2.75) is 6.61 Å². The topological polar surface area (TPSA) is 63.8 Å². The molecule has 1 amide bonds. The highest BCUT2D eigenvalue weighted by molar-refractivity contribution is 9.10. The lowest BCUT2D eigenvalue weighted by molar-refractivity contribution is 0.0929. The Kier molecular flexibility index (Phi) is 6.75. The summed E-state index contributed by atoms with van der Waals surface area (Å²) >= 11 is 13.0. The summed E-state index contributed by atoms with van der Waals surface area (Å²) in [4.78, 5) is 12.4.